The van der Waals surface area contributed by atoms with E-state index in [1.54, 1.807) is 0 Å². The van der Waals surface area contributed by atoms with Gasteiger partial charge in [0.1, 0.15) is 0 Å². The minimum Gasteiger partial charge on any atom is -0.327 e. The first-order chi connectivity index (χ1) is 4.63. The van der Waals surface area contributed by atoms with Crippen molar-refractivity contribution in [3.63, 3.8) is 0 Å². The van der Waals surface area contributed by atoms with Gasteiger partial charge in [0, 0.05) is 6.04 Å². The molecule has 0 aromatic heterocycles. The van der Waals surface area contributed by atoms with Gasteiger partial charge in [-0.25, -0.2) is 0 Å². The molecule has 0 spiro atoms. The van der Waals surface area contributed by atoms with E-state index >= 15 is 0 Å². The van der Waals surface area contributed by atoms with Crippen LogP contribution in [0.5, 0.6) is 0 Å². The second-order valence-electron chi connectivity index (χ2n) is 4.04. The molecule has 0 bridgehead atoms. The lowest BCUT2D eigenvalue weighted by Crippen LogP contribution is -2.32. The molecule has 0 saturated heterocycles. The van der Waals surface area contributed by atoms with Crippen LogP contribution in [-0.2, 0) is 0 Å². The molecular weight excluding hydrogens is 122 g/mol. The van der Waals surface area contributed by atoms with Crippen LogP contribution in [0.1, 0.15) is 33.6 Å². The van der Waals surface area contributed by atoms with Gasteiger partial charge in [0.15, 0.2) is 0 Å². The maximum Gasteiger partial charge on any atom is 0.00954 e. The lowest BCUT2D eigenvalue weighted by atomic mass is 9.90. The first-order valence-electron chi connectivity index (χ1n) is 4.38. The van der Waals surface area contributed by atoms with Crippen LogP contribution in [-0.4, -0.2) is 6.04 Å². The van der Waals surface area contributed by atoms with Crippen molar-refractivity contribution in [2.24, 2.45) is 23.5 Å². The van der Waals surface area contributed by atoms with Gasteiger partial charge in [0.2, 0.25) is 0 Å². The molecule has 60 valence electrons. The van der Waals surface area contributed by atoms with Gasteiger partial charge >= 0.3 is 0 Å². The van der Waals surface area contributed by atoms with Gasteiger partial charge in [0.25, 0.3) is 0 Å². The zero-order valence-corrected chi connectivity index (χ0v) is 7.30. The van der Waals surface area contributed by atoms with Gasteiger partial charge in [0.05, 0.1) is 0 Å². The molecule has 0 heterocycles. The normalized spacial score (nSPS) is 41.1. The number of hydrogen-bond donors (Lipinski definition) is 1. The molecular formula is C9H19N. The van der Waals surface area contributed by atoms with E-state index < -0.39 is 0 Å². The fraction of sp³-hybridized carbons (Fsp3) is 1.00. The Balaban J connectivity index is 2.49. The summed E-state index contributed by atoms with van der Waals surface area (Å²) in [6, 6.07) is 0.472. The molecule has 0 aromatic carbocycles. The molecule has 3 atom stereocenters. The molecule has 1 heteroatoms. The molecule has 1 aliphatic carbocycles. The Labute approximate surface area is 64.0 Å². The van der Waals surface area contributed by atoms with Crippen LogP contribution in [0, 0.1) is 17.8 Å². The smallest absolute Gasteiger partial charge is 0.00954 e. The topological polar surface area (TPSA) is 26.0 Å². The summed E-state index contributed by atoms with van der Waals surface area (Å²) < 4.78 is 0. The van der Waals surface area contributed by atoms with E-state index in [1.807, 2.05) is 0 Å². The third-order valence-electron chi connectivity index (χ3n) is 2.96. The second kappa shape index (κ2) is 2.91. The molecule has 1 rings (SSSR count). The second-order valence-corrected chi connectivity index (χ2v) is 4.04. The fourth-order valence-electron chi connectivity index (χ4n) is 2.04. The minimum absolute atomic E-state index is 0.472. The van der Waals surface area contributed by atoms with Crippen LogP contribution in [0.25, 0.3) is 0 Å². The third kappa shape index (κ3) is 1.34. The lowest BCUT2D eigenvalue weighted by Gasteiger charge is -2.21. The van der Waals surface area contributed by atoms with E-state index in [4.69, 9.17) is 5.73 Å². The predicted molar refractivity (Wildman–Crippen MR) is 44.7 cm³/mol. The summed E-state index contributed by atoms with van der Waals surface area (Å²) in [7, 11) is 0. The van der Waals surface area contributed by atoms with Crippen LogP contribution in [0.2, 0.25) is 0 Å². The molecule has 0 aromatic rings. The monoisotopic (exact) mass is 141 g/mol. The van der Waals surface area contributed by atoms with Crippen LogP contribution >= 0.6 is 0 Å². The van der Waals surface area contributed by atoms with Crippen molar-refractivity contribution in [2.45, 2.75) is 39.7 Å². The highest BCUT2D eigenvalue weighted by atomic mass is 14.7. The summed E-state index contributed by atoms with van der Waals surface area (Å²) >= 11 is 0. The molecule has 1 aliphatic rings. The van der Waals surface area contributed by atoms with Crippen molar-refractivity contribution in [1.29, 1.82) is 0 Å². The summed E-state index contributed by atoms with van der Waals surface area (Å²) in [5, 5.41) is 0. The minimum atomic E-state index is 0.472. The molecule has 1 saturated carbocycles. The van der Waals surface area contributed by atoms with Crippen molar-refractivity contribution in [3.05, 3.63) is 0 Å². The molecule has 0 radical (unpaired) electrons. The molecule has 1 nitrogen and oxygen atoms in total. The quantitative estimate of drug-likeness (QED) is 0.594. The Morgan fingerprint density at radius 1 is 1.30 bits per heavy atom. The first-order valence-corrected chi connectivity index (χ1v) is 4.38. The Bertz CT molecular complexity index is 109. The highest BCUT2D eigenvalue weighted by Gasteiger charge is 2.31. The molecule has 0 aliphatic heterocycles. The highest BCUT2D eigenvalue weighted by Crippen LogP contribution is 2.34. The Morgan fingerprint density at radius 2 is 1.90 bits per heavy atom. The van der Waals surface area contributed by atoms with Crippen LogP contribution in [0.3, 0.4) is 0 Å². The fourth-order valence-corrected chi connectivity index (χ4v) is 2.04. The summed E-state index contributed by atoms with van der Waals surface area (Å²) in [4.78, 5) is 0. The third-order valence-corrected chi connectivity index (χ3v) is 2.96. The first kappa shape index (κ1) is 8.06. The lowest BCUT2D eigenvalue weighted by molar-refractivity contribution is 0.335. The molecule has 0 amide bonds. The van der Waals surface area contributed by atoms with E-state index in [2.05, 4.69) is 20.8 Å². The number of rotatable bonds is 1. The van der Waals surface area contributed by atoms with Crippen molar-refractivity contribution < 1.29 is 0 Å². The predicted octanol–water partition coefficient (Wildman–Crippen LogP) is 2.02. The Kier molecular flexibility index (Phi) is 2.35. The van der Waals surface area contributed by atoms with Crippen molar-refractivity contribution in [2.75, 3.05) is 0 Å². The maximum absolute atomic E-state index is 6.02. The number of nitrogens with two attached hydrogens (primary N) is 1. The summed E-state index contributed by atoms with van der Waals surface area (Å²) in [6.45, 7) is 6.83. The number of hydrogen-bond acceptors (Lipinski definition) is 1. The van der Waals surface area contributed by atoms with E-state index in [0.29, 0.717) is 6.04 Å². The summed E-state index contributed by atoms with van der Waals surface area (Å²) in [5.74, 6) is 2.32. The average Bonchev–Trinajstić information content (AvgIpc) is 2.14. The van der Waals surface area contributed by atoms with Gasteiger partial charge in [-0.05, 0) is 30.6 Å². The van der Waals surface area contributed by atoms with Gasteiger partial charge in [-0.15, -0.1) is 0 Å². The zero-order valence-electron chi connectivity index (χ0n) is 7.30. The van der Waals surface area contributed by atoms with Gasteiger partial charge < -0.3 is 5.73 Å². The average molecular weight is 141 g/mol. The van der Waals surface area contributed by atoms with E-state index in [-0.39, 0.29) is 0 Å². The van der Waals surface area contributed by atoms with Gasteiger partial charge in [-0.1, -0.05) is 20.8 Å². The zero-order chi connectivity index (χ0) is 7.72. The Hall–Kier alpha value is -0.0400. The van der Waals surface area contributed by atoms with Crippen LogP contribution in [0.15, 0.2) is 0 Å². The SMILES string of the molecule is CC(C)C1CCC(C)C1N. The van der Waals surface area contributed by atoms with E-state index in [9.17, 15) is 0 Å². The van der Waals surface area contributed by atoms with Crippen LogP contribution < -0.4 is 5.73 Å². The molecule has 10 heavy (non-hydrogen) atoms. The van der Waals surface area contributed by atoms with Crippen molar-refractivity contribution in [3.8, 4) is 0 Å². The summed E-state index contributed by atoms with van der Waals surface area (Å²) in [6.07, 6.45) is 2.68. The van der Waals surface area contributed by atoms with Crippen LogP contribution in [0.4, 0.5) is 0 Å². The van der Waals surface area contributed by atoms with Gasteiger partial charge in [-0.2, -0.15) is 0 Å². The Morgan fingerprint density at radius 3 is 2.10 bits per heavy atom. The van der Waals surface area contributed by atoms with Crippen molar-refractivity contribution >= 4 is 0 Å². The highest BCUT2D eigenvalue weighted by molar-refractivity contribution is 4.86. The van der Waals surface area contributed by atoms with E-state index in [0.717, 1.165) is 17.8 Å². The van der Waals surface area contributed by atoms with E-state index in [1.165, 1.54) is 12.8 Å². The molecule has 1 fully saturated rings. The molecule has 3 unspecified atom stereocenters. The molecule has 2 N–H and O–H groups in total. The maximum atomic E-state index is 6.02. The summed E-state index contributed by atoms with van der Waals surface area (Å²) in [5.41, 5.74) is 6.02. The van der Waals surface area contributed by atoms with Crippen molar-refractivity contribution in [1.82, 2.24) is 0 Å². The standard InChI is InChI=1S/C9H19N/c1-6(2)8-5-4-7(3)9(8)10/h6-9H,4-5,10H2,1-3H3. The largest absolute Gasteiger partial charge is 0.327 e. The van der Waals surface area contributed by atoms with Gasteiger partial charge in [-0.3, -0.25) is 0 Å².